The normalized spacial score (nSPS) is 14.6. The van der Waals surface area contributed by atoms with E-state index in [-0.39, 0.29) is 12.5 Å². The highest BCUT2D eigenvalue weighted by atomic mass is 16.5. The van der Waals surface area contributed by atoms with Gasteiger partial charge in [0.1, 0.15) is 6.54 Å². The average Bonchev–Trinajstić information content (AvgIpc) is 3.12. The SMILES string of the molecule is CCN(CC)C(=O)Cn1nnc(-c2ccc(N3CCOCC3)cc2)n1. The Morgan fingerprint density at radius 3 is 2.48 bits per heavy atom. The molecule has 1 aromatic heterocycles. The maximum absolute atomic E-state index is 12.1. The van der Waals surface area contributed by atoms with Gasteiger partial charge in [0.15, 0.2) is 0 Å². The van der Waals surface area contributed by atoms with Gasteiger partial charge in [0.2, 0.25) is 11.7 Å². The molecule has 1 fully saturated rings. The minimum absolute atomic E-state index is 0.00313. The molecule has 134 valence electrons. The van der Waals surface area contributed by atoms with Crippen molar-refractivity contribution >= 4 is 11.6 Å². The Hall–Kier alpha value is -2.48. The van der Waals surface area contributed by atoms with Gasteiger partial charge in [-0.1, -0.05) is 0 Å². The van der Waals surface area contributed by atoms with Crippen molar-refractivity contribution in [3.63, 3.8) is 0 Å². The number of carbonyl (C=O) groups excluding carboxylic acids is 1. The van der Waals surface area contributed by atoms with Gasteiger partial charge in [-0.2, -0.15) is 4.80 Å². The summed E-state index contributed by atoms with van der Waals surface area (Å²) >= 11 is 0. The van der Waals surface area contributed by atoms with E-state index in [1.54, 1.807) is 4.90 Å². The Balaban J connectivity index is 1.66. The van der Waals surface area contributed by atoms with Crippen LogP contribution in [0.2, 0.25) is 0 Å². The second-order valence-electron chi connectivity index (χ2n) is 5.86. The molecule has 8 heteroatoms. The molecule has 2 aromatic rings. The molecule has 8 nitrogen and oxygen atoms in total. The van der Waals surface area contributed by atoms with Crippen LogP contribution in [0.5, 0.6) is 0 Å². The van der Waals surface area contributed by atoms with Crippen LogP contribution in [0.15, 0.2) is 24.3 Å². The molecule has 3 rings (SSSR count). The zero-order chi connectivity index (χ0) is 17.6. The molecule has 0 radical (unpaired) electrons. The largest absolute Gasteiger partial charge is 0.378 e. The predicted octanol–water partition coefficient (Wildman–Crippen LogP) is 1.05. The number of morpholine rings is 1. The number of anilines is 1. The maximum Gasteiger partial charge on any atom is 0.246 e. The van der Waals surface area contributed by atoms with Crippen molar-refractivity contribution < 1.29 is 9.53 Å². The molecular formula is C17H24N6O2. The number of ether oxygens (including phenoxy) is 1. The quantitative estimate of drug-likeness (QED) is 0.779. The third-order valence-corrected chi connectivity index (χ3v) is 4.35. The minimum atomic E-state index is -0.00313. The van der Waals surface area contributed by atoms with Crippen LogP contribution < -0.4 is 4.90 Å². The fourth-order valence-electron chi connectivity index (χ4n) is 2.87. The summed E-state index contributed by atoms with van der Waals surface area (Å²) in [6, 6.07) is 8.08. The van der Waals surface area contributed by atoms with E-state index < -0.39 is 0 Å². The number of hydrogen-bond donors (Lipinski definition) is 0. The fourth-order valence-corrected chi connectivity index (χ4v) is 2.87. The van der Waals surface area contributed by atoms with Gasteiger partial charge in [0.05, 0.1) is 13.2 Å². The summed E-state index contributed by atoms with van der Waals surface area (Å²) in [6.07, 6.45) is 0. The van der Waals surface area contributed by atoms with E-state index in [1.807, 2.05) is 26.0 Å². The average molecular weight is 344 g/mol. The first-order valence-corrected chi connectivity index (χ1v) is 8.70. The lowest BCUT2D eigenvalue weighted by atomic mass is 10.2. The summed E-state index contributed by atoms with van der Waals surface area (Å²) in [5, 5.41) is 12.4. The second-order valence-corrected chi connectivity index (χ2v) is 5.86. The molecule has 1 aromatic carbocycles. The fraction of sp³-hybridized carbons (Fsp3) is 0.529. The van der Waals surface area contributed by atoms with Crippen molar-refractivity contribution in [2.24, 2.45) is 0 Å². The van der Waals surface area contributed by atoms with Crippen molar-refractivity contribution in [2.75, 3.05) is 44.3 Å². The second kappa shape index (κ2) is 8.06. The molecule has 1 aliphatic heterocycles. The third kappa shape index (κ3) is 4.14. The number of amides is 1. The van der Waals surface area contributed by atoms with Gasteiger partial charge in [-0.3, -0.25) is 4.79 Å². The van der Waals surface area contributed by atoms with Crippen LogP contribution in [-0.4, -0.2) is 70.4 Å². The predicted molar refractivity (Wildman–Crippen MR) is 94.2 cm³/mol. The summed E-state index contributed by atoms with van der Waals surface area (Å²) in [5.74, 6) is 0.525. The van der Waals surface area contributed by atoms with Crippen molar-refractivity contribution in [3.8, 4) is 11.4 Å². The summed E-state index contributed by atoms with van der Waals surface area (Å²) in [4.78, 5) is 17.5. The number of benzene rings is 1. The first-order valence-electron chi connectivity index (χ1n) is 8.70. The molecular weight excluding hydrogens is 320 g/mol. The summed E-state index contributed by atoms with van der Waals surface area (Å²) < 4.78 is 5.38. The van der Waals surface area contributed by atoms with Crippen LogP contribution in [0.25, 0.3) is 11.4 Å². The van der Waals surface area contributed by atoms with E-state index in [2.05, 4.69) is 32.4 Å². The number of rotatable bonds is 6. The van der Waals surface area contributed by atoms with Gasteiger partial charge in [0, 0.05) is 37.4 Å². The first-order chi connectivity index (χ1) is 12.2. The van der Waals surface area contributed by atoms with E-state index in [0.717, 1.165) is 37.6 Å². The summed E-state index contributed by atoms with van der Waals surface area (Å²) in [6.45, 7) is 8.72. The number of likely N-dealkylation sites (N-methyl/N-ethyl adjacent to an activating group) is 1. The van der Waals surface area contributed by atoms with Crippen molar-refractivity contribution in [3.05, 3.63) is 24.3 Å². The van der Waals surface area contributed by atoms with Crippen LogP contribution in [-0.2, 0) is 16.1 Å². The summed E-state index contributed by atoms with van der Waals surface area (Å²) in [5.41, 5.74) is 2.05. The Kier molecular flexibility index (Phi) is 5.60. The zero-order valence-corrected chi connectivity index (χ0v) is 14.8. The smallest absolute Gasteiger partial charge is 0.246 e. The van der Waals surface area contributed by atoms with Crippen LogP contribution in [0, 0.1) is 0 Å². The Labute approximate surface area is 147 Å². The Morgan fingerprint density at radius 1 is 1.16 bits per heavy atom. The van der Waals surface area contributed by atoms with Gasteiger partial charge in [-0.05, 0) is 43.3 Å². The maximum atomic E-state index is 12.1. The number of hydrogen-bond acceptors (Lipinski definition) is 6. The van der Waals surface area contributed by atoms with Gasteiger partial charge in [-0.25, -0.2) is 0 Å². The van der Waals surface area contributed by atoms with Crippen LogP contribution in [0.1, 0.15) is 13.8 Å². The van der Waals surface area contributed by atoms with Crippen LogP contribution in [0.3, 0.4) is 0 Å². The lowest BCUT2D eigenvalue weighted by molar-refractivity contribution is -0.131. The molecule has 0 unspecified atom stereocenters. The van der Waals surface area contributed by atoms with Crippen molar-refractivity contribution in [2.45, 2.75) is 20.4 Å². The third-order valence-electron chi connectivity index (χ3n) is 4.35. The number of tetrazole rings is 1. The van der Waals surface area contributed by atoms with E-state index in [1.165, 1.54) is 4.80 Å². The van der Waals surface area contributed by atoms with Gasteiger partial charge in [-0.15, -0.1) is 10.2 Å². The van der Waals surface area contributed by atoms with E-state index >= 15 is 0 Å². The monoisotopic (exact) mass is 344 g/mol. The zero-order valence-electron chi connectivity index (χ0n) is 14.8. The molecule has 0 N–H and O–H groups in total. The Morgan fingerprint density at radius 2 is 1.84 bits per heavy atom. The van der Waals surface area contributed by atoms with Crippen molar-refractivity contribution in [1.29, 1.82) is 0 Å². The van der Waals surface area contributed by atoms with Gasteiger partial charge >= 0.3 is 0 Å². The Bertz CT molecular complexity index is 689. The molecule has 1 amide bonds. The highest BCUT2D eigenvalue weighted by Crippen LogP contribution is 2.21. The molecule has 1 aliphatic rings. The van der Waals surface area contributed by atoms with Crippen molar-refractivity contribution in [1.82, 2.24) is 25.1 Å². The molecule has 25 heavy (non-hydrogen) atoms. The topological polar surface area (TPSA) is 76.4 Å². The first kappa shape index (κ1) is 17.3. The van der Waals surface area contributed by atoms with Gasteiger partial charge in [0.25, 0.3) is 0 Å². The van der Waals surface area contributed by atoms with E-state index in [0.29, 0.717) is 18.9 Å². The molecule has 0 saturated carbocycles. The lowest BCUT2D eigenvalue weighted by Crippen LogP contribution is -2.36. The number of carbonyl (C=O) groups is 1. The standard InChI is InChI=1S/C17H24N6O2/c1-3-21(4-2)16(24)13-23-19-17(18-20-23)14-5-7-15(8-6-14)22-9-11-25-12-10-22/h5-8H,3-4,9-13H2,1-2H3. The number of nitrogens with zero attached hydrogens (tertiary/aromatic N) is 6. The molecule has 0 aliphatic carbocycles. The van der Waals surface area contributed by atoms with Gasteiger partial charge < -0.3 is 14.5 Å². The van der Waals surface area contributed by atoms with Crippen LogP contribution >= 0.6 is 0 Å². The molecule has 1 saturated heterocycles. The molecule has 0 atom stereocenters. The lowest BCUT2D eigenvalue weighted by Gasteiger charge is -2.28. The van der Waals surface area contributed by atoms with E-state index in [4.69, 9.17) is 4.74 Å². The highest BCUT2D eigenvalue weighted by Gasteiger charge is 2.14. The minimum Gasteiger partial charge on any atom is -0.378 e. The molecule has 0 bridgehead atoms. The van der Waals surface area contributed by atoms with E-state index in [9.17, 15) is 4.79 Å². The van der Waals surface area contributed by atoms with Crippen LogP contribution in [0.4, 0.5) is 5.69 Å². The molecule has 2 heterocycles. The molecule has 0 spiro atoms. The highest BCUT2D eigenvalue weighted by molar-refractivity contribution is 5.75. The number of aromatic nitrogens is 4. The summed E-state index contributed by atoms with van der Waals surface area (Å²) in [7, 11) is 0.